The second-order valence-electron chi connectivity index (χ2n) is 4.67. The van der Waals surface area contributed by atoms with Crippen molar-refractivity contribution < 1.29 is 18.3 Å². The van der Waals surface area contributed by atoms with Gasteiger partial charge in [-0.05, 0) is 38.1 Å². The Labute approximate surface area is 112 Å². The summed E-state index contributed by atoms with van der Waals surface area (Å²) >= 11 is 0. The van der Waals surface area contributed by atoms with E-state index in [0.717, 1.165) is 25.9 Å². The number of likely N-dealkylation sites (tertiary alicyclic amines) is 1. The Morgan fingerprint density at radius 2 is 1.84 bits per heavy atom. The third-order valence-corrected chi connectivity index (χ3v) is 5.07. The molecule has 1 aromatic rings. The Hall–Kier alpha value is -1.40. The minimum atomic E-state index is -3.55. The monoisotopic (exact) mass is 283 g/mol. The van der Waals surface area contributed by atoms with Crippen molar-refractivity contribution in [1.29, 1.82) is 0 Å². The molecule has 1 aliphatic heterocycles. The number of sulfone groups is 1. The Bertz CT molecular complexity index is 562. The first-order valence-corrected chi connectivity index (χ1v) is 7.93. The molecule has 19 heavy (non-hydrogen) atoms. The molecule has 0 unspecified atom stereocenters. The fourth-order valence-electron chi connectivity index (χ4n) is 2.28. The number of hydrogen-bond donors (Lipinski definition) is 1. The average Bonchev–Trinajstić information content (AvgIpc) is 2.89. The van der Waals surface area contributed by atoms with E-state index in [0.29, 0.717) is 6.54 Å². The van der Waals surface area contributed by atoms with E-state index in [1.807, 2.05) is 0 Å². The Morgan fingerprint density at radius 1 is 1.21 bits per heavy atom. The third-order valence-electron chi connectivity index (χ3n) is 3.33. The highest BCUT2D eigenvalue weighted by molar-refractivity contribution is 7.91. The van der Waals surface area contributed by atoms with E-state index < -0.39 is 15.8 Å². The lowest BCUT2D eigenvalue weighted by atomic mass is 10.2. The quantitative estimate of drug-likeness (QED) is 0.880. The van der Waals surface area contributed by atoms with E-state index in [1.165, 1.54) is 18.2 Å². The molecule has 0 amide bonds. The number of hydrogen-bond acceptors (Lipinski definition) is 4. The fraction of sp³-hybridized carbons (Fsp3) is 0.462. The van der Waals surface area contributed by atoms with Crippen LogP contribution in [0.4, 0.5) is 0 Å². The number of rotatable bonds is 5. The molecule has 0 bridgehead atoms. The first kappa shape index (κ1) is 14.0. The predicted molar refractivity (Wildman–Crippen MR) is 71.1 cm³/mol. The summed E-state index contributed by atoms with van der Waals surface area (Å²) in [5.41, 5.74) is -0.149. The first-order chi connectivity index (χ1) is 9.00. The van der Waals surface area contributed by atoms with Crippen LogP contribution in [-0.2, 0) is 9.84 Å². The predicted octanol–water partition coefficient (Wildman–Crippen LogP) is 1.25. The molecule has 6 heteroatoms. The summed E-state index contributed by atoms with van der Waals surface area (Å²) < 4.78 is 24.4. The van der Waals surface area contributed by atoms with E-state index in [4.69, 9.17) is 5.11 Å². The van der Waals surface area contributed by atoms with E-state index in [1.54, 1.807) is 6.07 Å². The zero-order valence-electron chi connectivity index (χ0n) is 10.6. The van der Waals surface area contributed by atoms with Gasteiger partial charge in [0.05, 0.1) is 16.2 Å². The van der Waals surface area contributed by atoms with E-state index in [9.17, 15) is 13.2 Å². The molecule has 1 saturated heterocycles. The summed E-state index contributed by atoms with van der Waals surface area (Å²) in [5, 5.41) is 9.03. The van der Waals surface area contributed by atoms with Crippen LogP contribution < -0.4 is 0 Å². The molecule has 1 aromatic carbocycles. The van der Waals surface area contributed by atoms with Gasteiger partial charge in [-0.3, -0.25) is 0 Å². The van der Waals surface area contributed by atoms with Gasteiger partial charge in [0.25, 0.3) is 0 Å². The van der Waals surface area contributed by atoms with Crippen LogP contribution >= 0.6 is 0 Å². The standard InChI is InChI=1S/C13H17NO4S/c15-13(16)11-5-1-2-6-12(11)19(17,18)10-9-14-7-3-4-8-14/h1-2,5-6H,3-4,7-10H2,(H,15,16). The Kier molecular flexibility index (Phi) is 4.21. The SMILES string of the molecule is O=C(O)c1ccccc1S(=O)(=O)CCN1CCCC1. The summed E-state index contributed by atoms with van der Waals surface area (Å²) in [7, 11) is -3.55. The van der Waals surface area contributed by atoms with Crippen molar-refractivity contribution >= 4 is 15.8 Å². The number of benzene rings is 1. The van der Waals surface area contributed by atoms with Crippen LogP contribution in [-0.4, -0.2) is 49.8 Å². The third kappa shape index (κ3) is 3.33. The van der Waals surface area contributed by atoms with E-state index in [2.05, 4.69) is 4.90 Å². The van der Waals surface area contributed by atoms with Gasteiger partial charge in [0, 0.05) is 6.54 Å². The molecule has 0 aliphatic carbocycles. The number of aromatic carboxylic acids is 1. The molecule has 1 aliphatic rings. The number of carboxylic acid groups (broad SMARTS) is 1. The average molecular weight is 283 g/mol. The van der Waals surface area contributed by atoms with Gasteiger partial charge in [0.2, 0.25) is 0 Å². The number of carboxylic acids is 1. The molecule has 0 aromatic heterocycles. The maximum Gasteiger partial charge on any atom is 0.337 e. The summed E-state index contributed by atoms with van der Waals surface area (Å²) in [5.74, 6) is -1.24. The molecule has 1 N–H and O–H groups in total. The first-order valence-electron chi connectivity index (χ1n) is 6.28. The summed E-state index contributed by atoms with van der Waals surface area (Å²) in [4.78, 5) is 13.1. The normalized spacial score (nSPS) is 16.6. The van der Waals surface area contributed by atoms with Crippen LogP contribution in [0.15, 0.2) is 29.2 Å². The lowest BCUT2D eigenvalue weighted by molar-refractivity contribution is 0.0692. The second-order valence-corrected chi connectivity index (χ2v) is 6.75. The number of nitrogens with zero attached hydrogens (tertiary/aromatic N) is 1. The van der Waals surface area contributed by atoms with Crippen LogP contribution in [0.25, 0.3) is 0 Å². The highest BCUT2D eigenvalue weighted by atomic mass is 32.2. The van der Waals surface area contributed by atoms with Gasteiger partial charge in [0.15, 0.2) is 9.84 Å². The van der Waals surface area contributed by atoms with E-state index in [-0.39, 0.29) is 16.2 Å². The molecule has 0 saturated carbocycles. The molecule has 0 atom stereocenters. The summed E-state index contributed by atoms with van der Waals surface area (Å²) in [6, 6.07) is 5.77. The topological polar surface area (TPSA) is 74.7 Å². The van der Waals surface area contributed by atoms with Gasteiger partial charge in [-0.2, -0.15) is 0 Å². The van der Waals surface area contributed by atoms with Crippen molar-refractivity contribution in [3.05, 3.63) is 29.8 Å². The van der Waals surface area contributed by atoms with Gasteiger partial charge < -0.3 is 10.0 Å². The van der Waals surface area contributed by atoms with Gasteiger partial charge >= 0.3 is 5.97 Å². The molecular formula is C13H17NO4S. The van der Waals surface area contributed by atoms with E-state index >= 15 is 0 Å². The smallest absolute Gasteiger partial charge is 0.337 e. The van der Waals surface area contributed by atoms with Crippen molar-refractivity contribution in [3.63, 3.8) is 0 Å². The van der Waals surface area contributed by atoms with Crippen molar-refractivity contribution in [3.8, 4) is 0 Å². The molecule has 5 nitrogen and oxygen atoms in total. The molecule has 0 radical (unpaired) electrons. The van der Waals surface area contributed by atoms with Gasteiger partial charge in [-0.15, -0.1) is 0 Å². The maximum absolute atomic E-state index is 12.2. The van der Waals surface area contributed by atoms with Crippen LogP contribution in [0.5, 0.6) is 0 Å². The van der Waals surface area contributed by atoms with Crippen LogP contribution in [0.1, 0.15) is 23.2 Å². The van der Waals surface area contributed by atoms with Crippen molar-refractivity contribution in [2.24, 2.45) is 0 Å². The number of carbonyl (C=O) groups is 1. The Balaban J connectivity index is 2.17. The minimum absolute atomic E-state index is 0.0305. The second kappa shape index (κ2) is 5.71. The van der Waals surface area contributed by atoms with Crippen molar-refractivity contribution in [1.82, 2.24) is 4.90 Å². The molecule has 2 rings (SSSR count). The molecule has 1 heterocycles. The van der Waals surface area contributed by atoms with Crippen LogP contribution in [0, 0.1) is 0 Å². The molecule has 0 spiro atoms. The highest BCUT2D eigenvalue weighted by Crippen LogP contribution is 2.18. The van der Waals surface area contributed by atoms with Gasteiger partial charge in [0.1, 0.15) is 0 Å². The summed E-state index contributed by atoms with van der Waals surface area (Å²) in [6.07, 6.45) is 2.21. The van der Waals surface area contributed by atoms with Crippen molar-refractivity contribution in [2.75, 3.05) is 25.4 Å². The largest absolute Gasteiger partial charge is 0.478 e. The molecular weight excluding hydrogens is 266 g/mol. The van der Waals surface area contributed by atoms with Gasteiger partial charge in [-0.1, -0.05) is 12.1 Å². The van der Waals surface area contributed by atoms with Crippen LogP contribution in [0.3, 0.4) is 0 Å². The maximum atomic E-state index is 12.2. The Morgan fingerprint density at radius 3 is 2.47 bits per heavy atom. The van der Waals surface area contributed by atoms with Crippen molar-refractivity contribution in [2.45, 2.75) is 17.7 Å². The zero-order valence-corrected chi connectivity index (χ0v) is 11.4. The zero-order chi connectivity index (χ0) is 13.9. The lowest BCUT2D eigenvalue weighted by Gasteiger charge is -2.15. The highest BCUT2D eigenvalue weighted by Gasteiger charge is 2.23. The minimum Gasteiger partial charge on any atom is -0.478 e. The fourth-order valence-corrected chi connectivity index (χ4v) is 3.77. The van der Waals surface area contributed by atoms with Gasteiger partial charge in [-0.25, -0.2) is 13.2 Å². The summed E-state index contributed by atoms with van der Waals surface area (Å²) in [6.45, 7) is 2.32. The molecule has 1 fully saturated rings. The lowest BCUT2D eigenvalue weighted by Crippen LogP contribution is -2.27. The molecule has 104 valence electrons. The van der Waals surface area contributed by atoms with Crippen LogP contribution in [0.2, 0.25) is 0 Å².